The fraction of sp³-hybridized carbons (Fsp3) is 0.250. The van der Waals surface area contributed by atoms with Gasteiger partial charge < -0.3 is 15.4 Å². The minimum absolute atomic E-state index is 0.180. The van der Waals surface area contributed by atoms with Crippen molar-refractivity contribution >= 4 is 29.2 Å². The number of hydrogen-bond donors (Lipinski definition) is 2. The summed E-state index contributed by atoms with van der Waals surface area (Å²) >= 11 is 0. The maximum absolute atomic E-state index is 12.4. The average Bonchev–Trinajstić information content (AvgIpc) is 2.67. The standard InChI is InChI=1S/C20H22N2O4/c1-4-13-9-8-10-14(5-2)17(13)22-19(24)18(23)21-16-12-7-6-11-15(16)20(25)26-3/h6-12H,4-5H2,1-3H3,(H,21,23)(H,22,24). The number of amides is 2. The van der Waals surface area contributed by atoms with Crippen LogP contribution in [-0.2, 0) is 27.2 Å². The zero-order chi connectivity index (χ0) is 19.1. The summed E-state index contributed by atoms with van der Waals surface area (Å²) in [6, 6.07) is 12.1. The number of hydrogen-bond acceptors (Lipinski definition) is 4. The van der Waals surface area contributed by atoms with E-state index in [2.05, 4.69) is 15.4 Å². The molecule has 2 rings (SSSR count). The topological polar surface area (TPSA) is 84.5 Å². The summed E-state index contributed by atoms with van der Waals surface area (Å²) in [4.78, 5) is 36.4. The van der Waals surface area contributed by atoms with Gasteiger partial charge in [0.1, 0.15) is 0 Å². The molecule has 136 valence electrons. The molecule has 2 aromatic carbocycles. The van der Waals surface area contributed by atoms with Crippen LogP contribution < -0.4 is 10.6 Å². The predicted molar refractivity (Wildman–Crippen MR) is 100 cm³/mol. The number of rotatable bonds is 5. The van der Waals surface area contributed by atoms with Crippen LogP contribution in [0.2, 0.25) is 0 Å². The monoisotopic (exact) mass is 354 g/mol. The Morgan fingerprint density at radius 3 is 2.00 bits per heavy atom. The van der Waals surface area contributed by atoms with Crippen LogP contribution in [0.3, 0.4) is 0 Å². The Kier molecular flexibility index (Phi) is 6.49. The van der Waals surface area contributed by atoms with Crippen LogP contribution in [0.5, 0.6) is 0 Å². The minimum Gasteiger partial charge on any atom is -0.465 e. The van der Waals surface area contributed by atoms with Gasteiger partial charge in [0.05, 0.1) is 18.4 Å². The summed E-state index contributed by atoms with van der Waals surface area (Å²) < 4.78 is 4.68. The number of carbonyl (C=O) groups is 3. The summed E-state index contributed by atoms with van der Waals surface area (Å²) in [6.45, 7) is 3.97. The lowest BCUT2D eigenvalue weighted by atomic mass is 10.0. The number of para-hydroxylation sites is 2. The molecule has 0 saturated heterocycles. The van der Waals surface area contributed by atoms with Crippen molar-refractivity contribution in [3.8, 4) is 0 Å². The highest BCUT2D eigenvalue weighted by molar-refractivity contribution is 6.44. The van der Waals surface area contributed by atoms with Gasteiger partial charge in [-0.2, -0.15) is 0 Å². The van der Waals surface area contributed by atoms with Crippen molar-refractivity contribution in [1.29, 1.82) is 0 Å². The minimum atomic E-state index is -0.852. The van der Waals surface area contributed by atoms with Crippen molar-refractivity contribution in [2.24, 2.45) is 0 Å². The second-order valence-corrected chi connectivity index (χ2v) is 5.60. The van der Waals surface area contributed by atoms with E-state index in [1.54, 1.807) is 12.1 Å². The van der Waals surface area contributed by atoms with Crippen molar-refractivity contribution in [1.82, 2.24) is 0 Å². The molecule has 0 saturated carbocycles. The van der Waals surface area contributed by atoms with E-state index in [4.69, 9.17) is 0 Å². The average molecular weight is 354 g/mol. The molecular formula is C20H22N2O4. The molecule has 2 aromatic rings. The molecule has 0 aliphatic heterocycles. The largest absolute Gasteiger partial charge is 0.465 e. The lowest BCUT2D eigenvalue weighted by molar-refractivity contribution is -0.133. The van der Waals surface area contributed by atoms with Crippen LogP contribution in [0.25, 0.3) is 0 Å². The summed E-state index contributed by atoms with van der Waals surface area (Å²) in [5.41, 5.74) is 2.98. The van der Waals surface area contributed by atoms with E-state index in [9.17, 15) is 14.4 Å². The first-order valence-electron chi connectivity index (χ1n) is 8.42. The molecule has 2 N–H and O–H groups in total. The Labute approximate surface area is 152 Å². The zero-order valence-corrected chi connectivity index (χ0v) is 15.1. The number of carbonyl (C=O) groups excluding carboxylic acids is 3. The van der Waals surface area contributed by atoms with Gasteiger partial charge in [0.2, 0.25) is 0 Å². The molecule has 6 nitrogen and oxygen atoms in total. The van der Waals surface area contributed by atoms with Gasteiger partial charge in [-0.1, -0.05) is 44.2 Å². The quantitative estimate of drug-likeness (QED) is 0.638. The van der Waals surface area contributed by atoms with Gasteiger partial charge in [0, 0.05) is 5.69 Å². The molecular weight excluding hydrogens is 332 g/mol. The molecule has 0 radical (unpaired) electrons. The number of benzene rings is 2. The first kappa shape index (κ1) is 19.2. The summed E-state index contributed by atoms with van der Waals surface area (Å²) in [6.07, 6.45) is 1.46. The third-order valence-corrected chi connectivity index (χ3v) is 4.02. The Morgan fingerprint density at radius 1 is 0.846 bits per heavy atom. The highest BCUT2D eigenvalue weighted by atomic mass is 16.5. The number of methoxy groups -OCH3 is 1. The Bertz CT molecular complexity index is 808. The maximum Gasteiger partial charge on any atom is 0.339 e. The van der Waals surface area contributed by atoms with E-state index in [-0.39, 0.29) is 11.3 Å². The van der Waals surface area contributed by atoms with Gasteiger partial charge >= 0.3 is 17.8 Å². The van der Waals surface area contributed by atoms with Crippen molar-refractivity contribution in [2.75, 3.05) is 17.7 Å². The first-order chi connectivity index (χ1) is 12.5. The molecule has 0 aliphatic carbocycles. The molecule has 0 heterocycles. The smallest absolute Gasteiger partial charge is 0.339 e. The molecule has 0 fully saturated rings. The predicted octanol–water partition coefficient (Wildman–Crippen LogP) is 3.18. The molecule has 0 aromatic heterocycles. The molecule has 0 atom stereocenters. The lowest BCUT2D eigenvalue weighted by Crippen LogP contribution is -2.30. The number of esters is 1. The van der Waals surface area contributed by atoms with E-state index >= 15 is 0 Å². The van der Waals surface area contributed by atoms with Gasteiger partial charge in [-0.15, -0.1) is 0 Å². The highest BCUT2D eigenvalue weighted by Gasteiger charge is 2.20. The van der Waals surface area contributed by atoms with E-state index in [0.717, 1.165) is 24.0 Å². The van der Waals surface area contributed by atoms with Crippen molar-refractivity contribution < 1.29 is 19.1 Å². The maximum atomic E-state index is 12.4. The van der Waals surface area contributed by atoms with Gasteiger partial charge in [-0.25, -0.2) is 4.79 Å². The molecule has 0 spiro atoms. The van der Waals surface area contributed by atoms with Crippen molar-refractivity contribution in [3.05, 3.63) is 59.2 Å². The van der Waals surface area contributed by atoms with Crippen LogP contribution in [0, 0.1) is 0 Å². The fourth-order valence-electron chi connectivity index (χ4n) is 2.63. The number of anilines is 2. The second kappa shape index (κ2) is 8.80. The van der Waals surface area contributed by atoms with Gasteiger partial charge in [0.15, 0.2) is 0 Å². The summed E-state index contributed by atoms with van der Waals surface area (Å²) in [5.74, 6) is -2.24. The van der Waals surface area contributed by atoms with E-state index in [1.165, 1.54) is 19.2 Å². The van der Waals surface area contributed by atoms with Crippen LogP contribution in [-0.4, -0.2) is 24.9 Å². The van der Waals surface area contributed by atoms with Gasteiger partial charge in [0.25, 0.3) is 0 Å². The second-order valence-electron chi connectivity index (χ2n) is 5.60. The van der Waals surface area contributed by atoms with E-state index in [1.807, 2.05) is 32.0 Å². The molecule has 0 bridgehead atoms. The number of aryl methyl sites for hydroxylation is 2. The highest BCUT2D eigenvalue weighted by Crippen LogP contribution is 2.23. The Balaban J connectivity index is 2.20. The number of ether oxygens (including phenoxy) is 1. The normalized spacial score (nSPS) is 10.1. The molecule has 0 aliphatic rings. The van der Waals surface area contributed by atoms with Crippen LogP contribution >= 0.6 is 0 Å². The van der Waals surface area contributed by atoms with Crippen molar-refractivity contribution in [2.45, 2.75) is 26.7 Å². The number of nitrogens with one attached hydrogen (secondary N) is 2. The van der Waals surface area contributed by atoms with Crippen LogP contribution in [0.15, 0.2) is 42.5 Å². The third-order valence-electron chi connectivity index (χ3n) is 4.02. The Hall–Kier alpha value is -3.15. The molecule has 2 amide bonds. The fourth-order valence-corrected chi connectivity index (χ4v) is 2.63. The van der Waals surface area contributed by atoms with Crippen molar-refractivity contribution in [3.63, 3.8) is 0 Å². The van der Waals surface area contributed by atoms with E-state index < -0.39 is 17.8 Å². The van der Waals surface area contributed by atoms with Crippen LogP contribution in [0.1, 0.15) is 35.3 Å². The molecule has 6 heteroatoms. The Morgan fingerprint density at radius 2 is 1.42 bits per heavy atom. The van der Waals surface area contributed by atoms with E-state index in [0.29, 0.717) is 5.69 Å². The summed E-state index contributed by atoms with van der Waals surface area (Å²) in [5, 5.41) is 5.17. The molecule has 0 unspecified atom stereocenters. The third kappa shape index (κ3) is 4.27. The summed E-state index contributed by atoms with van der Waals surface area (Å²) in [7, 11) is 1.25. The van der Waals surface area contributed by atoms with Crippen LogP contribution in [0.4, 0.5) is 11.4 Å². The van der Waals surface area contributed by atoms with Gasteiger partial charge in [-0.3, -0.25) is 9.59 Å². The zero-order valence-electron chi connectivity index (χ0n) is 15.1. The van der Waals surface area contributed by atoms with Gasteiger partial charge in [-0.05, 0) is 36.1 Å². The lowest BCUT2D eigenvalue weighted by Gasteiger charge is -2.14. The SMILES string of the molecule is CCc1cccc(CC)c1NC(=O)C(=O)Nc1ccccc1C(=O)OC. The molecule has 26 heavy (non-hydrogen) atoms. The first-order valence-corrected chi connectivity index (χ1v) is 8.42.